The van der Waals surface area contributed by atoms with Crippen molar-refractivity contribution in [3.8, 4) is 10.4 Å². The Kier molecular flexibility index (Phi) is 3.73. The maximum Gasteiger partial charge on any atom is 0.0441 e. The van der Waals surface area contributed by atoms with Gasteiger partial charge in [-0.3, -0.25) is 0 Å². The summed E-state index contributed by atoms with van der Waals surface area (Å²) in [5, 5.41) is 3.47. The van der Waals surface area contributed by atoms with Crippen molar-refractivity contribution in [1.29, 1.82) is 0 Å². The first-order valence-electron chi connectivity index (χ1n) is 6.31. The predicted octanol–water partition coefficient (Wildman–Crippen LogP) is 4.69. The molecule has 0 aliphatic heterocycles. The fraction of sp³-hybridized carbons (Fsp3) is 0.333. The van der Waals surface area contributed by atoms with Gasteiger partial charge in [0.15, 0.2) is 0 Å². The summed E-state index contributed by atoms with van der Waals surface area (Å²) in [4.78, 5) is 2.86. The first kappa shape index (κ1) is 12.6. The van der Waals surface area contributed by atoms with Crippen LogP contribution in [0.4, 0.5) is 0 Å². The third-order valence-electron chi connectivity index (χ3n) is 3.45. The van der Waals surface area contributed by atoms with E-state index in [4.69, 9.17) is 0 Å². The number of nitrogens with one attached hydrogen (secondary N) is 1. The van der Waals surface area contributed by atoms with Gasteiger partial charge in [0.1, 0.15) is 0 Å². The van der Waals surface area contributed by atoms with Crippen LogP contribution in [0.5, 0.6) is 0 Å². The van der Waals surface area contributed by atoms with Crippen molar-refractivity contribution in [3.63, 3.8) is 0 Å². The Labute approximate surface area is 126 Å². The van der Waals surface area contributed by atoms with Crippen LogP contribution in [-0.2, 0) is 0 Å². The number of hydrogen-bond acceptors (Lipinski definition) is 2. The molecule has 1 heterocycles. The zero-order valence-electron chi connectivity index (χ0n) is 10.3. The molecule has 94 valence electrons. The van der Waals surface area contributed by atoms with Gasteiger partial charge in [-0.1, -0.05) is 12.1 Å². The Morgan fingerprint density at radius 3 is 2.78 bits per heavy atom. The minimum atomic E-state index is 0.562. The highest BCUT2D eigenvalue weighted by molar-refractivity contribution is 14.1. The van der Waals surface area contributed by atoms with Crippen molar-refractivity contribution in [3.05, 3.63) is 44.8 Å². The smallest absolute Gasteiger partial charge is 0.0441 e. The summed E-state index contributed by atoms with van der Waals surface area (Å²) in [7, 11) is 2.08. The van der Waals surface area contributed by atoms with Crippen molar-refractivity contribution in [1.82, 2.24) is 5.32 Å². The summed E-state index contributed by atoms with van der Waals surface area (Å²) in [6.07, 6.45) is 2.75. The van der Waals surface area contributed by atoms with Crippen LogP contribution in [0.15, 0.2) is 36.4 Å². The quantitative estimate of drug-likeness (QED) is 0.771. The number of halogens is 1. The van der Waals surface area contributed by atoms with Crippen molar-refractivity contribution < 1.29 is 0 Å². The number of rotatable bonds is 4. The van der Waals surface area contributed by atoms with Crippen molar-refractivity contribution in [2.45, 2.75) is 18.9 Å². The Bertz CT molecular complexity index is 545. The molecule has 0 bridgehead atoms. The molecule has 1 N–H and O–H groups in total. The molecule has 1 aromatic heterocycles. The van der Waals surface area contributed by atoms with Crippen LogP contribution in [0, 0.1) is 9.49 Å². The van der Waals surface area contributed by atoms with Crippen LogP contribution in [-0.4, -0.2) is 7.05 Å². The first-order chi connectivity index (χ1) is 8.78. The highest BCUT2D eigenvalue weighted by Crippen LogP contribution is 2.44. The lowest BCUT2D eigenvalue weighted by molar-refractivity contribution is 0.537. The van der Waals surface area contributed by atoms with E-state index in [0.717, 1.165) is 5.92 Å². The molecule has 1 fully saturated rings. The minimum Gasteiger partial charge on any atom is -0.312 e. The van der Waals surface area contributed by atoms with Crippen molar-refractivity contribution in [2.24, 2.45) is 5.92 Å². The van der Waals surface area contributed by atoms with E-state index in [-0.39, 0.29) is 0 Å². The SMILES string of the molecule is CNC(c1ccc(-c2cccc(I)c2)s1)C1CC1. The van der Waals surface area contributed by atoms with E-state index < -0.39 is 0 Å². The molecule has 1 aromatic carbocycles. The standard InChI is InChI=1S/C15H16INS/c1-17-15(10-5-6-10)14-8-7-13(18-14)11-3-2-4-12(16)9-11/h2-4,7-10,15,17H,5-6H2,1H3. The molecule has 3 heteroatoms. The largest absolute Gasteiger partial charge is 0.312 e. The van der Waals surface area contributed by atoms with E-state index in [0.29, 0.717) is 6.04 Å². The van der Waals surface area contributed by atoms with Gasteiger partial charge in [0.25, 0.3) is 0 Å². The lowest BCUT2D eigenvalue weighted by Gasteiger charge is -2.12. The molecule has 1 nitrogen and oxygen atoms in total. The second-order valence-electron chi connectivity index (χ2n) is 4.82. The molecule has 1 aliphatic rings. The Morgan fingerprint density at radius 2 is 2.11 bits per heavy atom. The van der Waals surface area contributed by atoms with E-state index in [1.807, 2.05) is 11.3 Å². The third kappa shape index (κ3) is 2.63. The monoisotopic (exact) mass is 369 g/mol. The van der Waals surface area contributed by atoms with Crippen LogP contribution in [0.3, 0.4) is 0 Å². The second kappa shape index (κ2) is 5.31. The van der Waals surface area contributed by atoms with Crippen molar-refractivity contribution >= 4 is 33.9 Å². The fourth-order valence-electron chi connectivity index (χ4n) is 2.36. The molecular weight excluding hydrogens is 353 g/mol. The molecule has 3 rings (SSSR count). The topological polar surface area (TPSA) is 12.0 Å². The highest BCUT2D eigenvalue weighted by Gasteiger charge is 2.32. The average molecular weight is 369 g/mol. The zero-order chi connectivity index (χ0) is 12.5. The Balaban J connectivity index is 1.88. The van der Waals surface area contributed by atoms with Gasteiger partial charge in [-0.15, -0.1) is 11.3 Å². The molecule has 0 spiro atoms. The Hall–Kier alpha value is -0.390. The maximum atomic E-state index is 3.47. The number of thiophene rings is 1. The number of benzene rings is 1. The van der Waals surface area contributed by atoms with Crippen LogP contribution in [0.2, 0.25) is 0 Å². The summed E-state index contributed by atoms with van der Waals surface area (Å²) in [6.45, 7) is 0. The average Bonchev–Trinajstić information content (AvgIpc) is 3.07. The molecule has 0 radical (unpaired) electrons. The minimum absolute atomic E-state index is 0.562. The van der Waals surface area contributed by atoms with Crippen LogP contribution in [0.25, 0.3) is 10.4 Å². The third-order valence-corrected chi connectivity index (χ3v) is 5.34. The second-order valence-corrected chi connectivity index (χ2v) is 7.18. The van der Waals surface area contributed by atoms with Crippen molar-refractivity contribution in [2.75, 3.05) is 7.05 Å². The summed E-state index contributed by atoms with van der Waals surface area (Å²) >= 11 is 4.30. The summed E-state index contributed by atoms with van der Waals surface area (Å²) in [5.41, 5.74) is 1.34. The van der Waals surface area contributed by atoms with Gasteiger partial charge in [-0.2, -0.15) is 0 Å². The maximum absolute atomic E-state index is 3.47. The molecule has 18 heavy (non-hydrogen) atoms. The van der Waals surface area contributed by atoms with Crippen LogP contribution >= 0.6 is 33.9 Å². The lowest BCUT2D eigenvalue weighted by Crippen LogP contribution is -2.16. The summed E-state index contributed by atoms with van der Waals surface area (Å²) in [5.74, 6) is 0.859. The Morgan fingerprint density at radius 1 is 1.28 bits per heavy atom. The molecule has 1 unspecified atom stereocenters. The first-order valence-corrected chi connectivity index (χ1v) is 8.20. The summed E-state index contributed by atoms with van der Waals surface area (Å²) in [6, 6.07) is 13.8. The number of hydrogen-bond donors (Lipinski definition) is 1. The lowest BCUT2D eigenvalue weighted by atomic mass is 10.1. The van der Waals surface area contributed by atoms with Gasteiger partial charge >= 0.3 is 0 Å². The fourth-order valence-corrected chi connectivity index (χ4v) is 4.11. The van der Waals surface area contributed by atoms with Crippen LogP contribution < -0.4 is 5.32 Å². The van der Waals surface area contributed by atoms with Gasteiger partial charge in [0, 0.05) is 19.4 Å². The van der Waals surface area contributed by atoms with E-state index in [9.17, 15) is 0 Å². The zero-order valence-corrected chi connectivity index (χ0v) is 13.3. The van der Waals surface area contributed by atoms with Crippen LogP contribution in [0.1, 0.15) is 23.8 Å². The van der Waals surface area contributed by atoms with Gasteiger partial charge in [0.05, 0.1) is 0 Å². The van der Waals surface area contributed by atoms with E-state index in [2.05, 4.69) is 71.4 Å². The molecule has 0 amide bonds. The van der Waals surface area contributed by atoms with Gasteiger partial charge < -0.3 is 5.32 Å². The molecule has 1 saturated carbocycles. The summed E-state index contributed by atoms with van der Waals surface area (Å²) < 4.78 is 1.30. The molecule has 0 saturated heterocycles. The van der Waals surface area contributed by atoms with Gasteiger partial charge in [0.2, 0.25) is 0 Å². The molecular formula is C15H16INS. The van der Waals surface area contributed by atoms with Gasteiger partial charge in [-0.25, -0.2) is 0 Å². The molecule has 2 aromatic rings. The van der Waals surface area contributed by atoms with E-state index >= 15 is 0 Å². The predicted molar refractivity (Wildman–Crippen MR) is 87.0 cm³/mol. The molecule has 1 aliphatic carbocycles. The van der Waals surface area contributed by atoms with E-state index in [1.165, 1.54) is 31.7 Å². The van der Waals surface area contributed by atoms with E-state index in [1.54, 1.807) is 0 Å². The van der Waals surface area contributed by atoms with Gasteiger partial charge in [-0.05, 0) is 78.2 Å². The molecule has 1 atom stereocenters. The highest BCUT2D eigenvalue weighted by atomic mass is 127. The normalized spacial score (nSPS) is 16.8.